The van der Waals surface area contributed by atoms with Gasteiger partial charge in [0.2, 0.25) is 0 Å². The molecular weight excluding hydrogens is 779 g/mol. The Kier molecular flexibility index (Phi) is 44.1. The third-order valence-corrected chi connectivity index (χ3v) is 11.8. The van der Waals surface area contributed by atoms with E-state index in [-0.39, 0.29) is 32.2 Å². The van der Waals surface area contributed by atoms with E-state index in [1.165, 1.54) is 167 Å². The predicted molar refractivity (Wildman–Crippen MR) is 258 cm³/mol. The standard InChI is InChI=1S/C53H101NO8/c1-6-8-10-12-14-16-18-20-21-22-23-24-25-26-27-28-29-30-31-32-34-35-37-39-41-43-50(55)60-47-49(48-61-53(52(57)58)59-46-45-54(3,4)5)62-51(56)44-42-40-38-36-33-19-17-15-13-11-9-7-2/h15,17,49,53H,6-14,16,18-48H2,1-5H3/p+1/b17-15-. The first-order valence-corrected chi connectivity index (χ1v) is 26.4. The van der Waals surface area contributed by atoms with Crippen LogP contribution >= 0.6 is 0 Å². The second-order valence-corrected chi connectivity index (χ2v) is 19.2. The van der Waals surface area contributed by atoms with Crippen molar-refractivity contribution in [2.24, 2.45) is 0 Å². The fourth-order valence-electron chi connectivity index (χ4n) is 7.66. The molecule has 0 aromatic carbocycles. The zero-order valence-corrected chi connectivity index (χ0v) is 41.6. The van der Waals surface area contributed by atoms with Crippen molar-refractivity contribution in [2.75, 3.05) is 47.5 Å². The molecule has 0 aromatic heterocycles. The maximum Gasteiger partial charge on any atom is 0.361 e. The summed E-state index contributed by atoms with van der Waals surface area (Å²) >= 11 is 0. The molecule has 2 atom stereocenters. The quantitative estimate of drug-likeness (QED) is 0.0212. The molecule has 0 radical (unpaired) electrons. The molecule has 0 bridgehead atoms. The number of carbonyl (C=O) groups excluding carboxylic acids is 2. The van der Waals surface area contributed by atoms with Crippen molar-refractivity contribution in [3.63, 3.8) is 0 Å². The van der Waals surface area contributed by atoms with Crippen LogP contribution in [-0.4, -0.2) is 87.4 Å². The molecule has 0 aliphatic carbocycles. The molecule has 62 heavy (non-hydrogen) atoms. The monoisotopic (exact) mass is 881 g/mol. The van der Waals surface area contributed by atoms with E-state index >= 15 is 0 Å². The smallest absolute Gasteiger partial charge is 0.361 e. The number of esters is 2. The van der Waals surface area contributed by atoms with Gasteiger partial charge in [-0.2, -0.15) is 0 Å². The van der Waals surface area contributed by atoms with E-state index in [0.29, 0.717) is 23.9 Å². The summed E-state index contributed by atoms with van der Waals surface area (Å²) in [5, 5.41) is 9.65. The Bertz CT molecular complexity index is 1030. The van der Waals surface area contributed by atoms with Gasteiger partial charge < -0.3 is 28.5 Å². The van der Waals surface area contributed by atoms with Crippen molar-refractivity contribution < 1.29 is 42.9 Å². The topological polar surface area (TPSA) is 108 Å². The summed E-state index contributed by atoms with van der Waals surface area (Å²) in [6, 6.07) is 0. The van der Waals surface area contributed by atoms with E-state index < -0.39 is 24.3 Å². The van der Waals surface area contributed by atoms with Gasteiger partial charge in [-0.1, -0.05) is 212 Å². The van der Waals surface area contributed by atoms with Gasteiger partial charge in [0.25, 0.3) is 6.29 Å². The predicted octanol–water partition coefficient (Wildman–Crippen LogP) is 14.6. The number of carboxylic acid groups (broad SMARTS) is 1. The van der Waals surface area contributed by atoms with Crippen LogP contribution in [-0.2, 0) is 33.3 Å². The van der Waals surface area contributed by atoms with Crippen LogP contribution in [0.25, 0.3) is 0 Å². The Labute approximate surface area is 383 Å². The fraction of sp³-hybridized carbons (Fsp3) is 0.906. The summed E-state index contributed by atoms with van der Waals surface area (Å²) in [4.78, 5) is 37.2. The molecule has 0 aliphatic heterocycles. The highest BCUT2D eigenvalue weighted by Crippen LogP contribution is 2.17. The van der Waals surface area contributed by atoms with E-state index in [0.717, 1.165) is 51.4 Å². The van der Waals surface area contributed by atoms with Crippen molar-refractivity contribution in [3.8, 4) is 0 Å². The molecule has 0 fully saturated rings. The van der Waals surface area contributed by atoms with E-state index in [2.05, 4.69) is 26.0 Å². The minimum atomic E-state index is -1.51. The fourth-order valence-corrected chi connectivity index (χ4v) is 7.66. The van der Waals surface area contributed by atoms with Gasteiger partial charge >= 0.3 is 17.9 Å². The molecule has 0 spiro atoms. The number of aliphatic carboxylic acids is 1. The molecule has 0 aromatic rings. The van der Waals surface area contributed by atoms with Gasteiger partial charge in [-0.15, -0.1) is 0 Å². The number of carboxylic acids is 1. The van der Waals surface area contributed by atoms with E-state index in [1.54, 1.807) is 0 Å². The van der Waals surface area contributed by atoms with Crippen LogP contribution in [0.1, 0.15) is 251 Å². The molecule has 366 valence electrons. The number of hydrogen-bond acceptors (Lipinski definition) is 7. The molecular formula is C53H102NO8+. The Morgan fingerprint density at radius 3 is 1.23 bits per heavy atom. The Morgan fingerprint density at radius 2 is 0.823 bits per heavy atom. The Morgan fingerprint density at radius 1 is 0.468 bits per heavy atom. The average Bonchev–Trinajstić information content (AvgIpc) is 3.23. The number of hydrogen-bond donors (Lipinski definition) is 1. The Hall–Kier alpha value is -1.97. The lowest BCUT2D eigenvalue weighted by molar-refractivity contribution is -0.870. The first kappa shape index (κ1) is 60.0. The molecule has 0 heterocycles. The number of likely N-dealkylation sites (N-methyl/N-ethyl adjacent to an activating group) is 1. The molecule has 9 heteroatoms. The number of nitrogens with zero attached hydrogens (tertiary/aromatic N) is 1. The second-order valence-electron chi connectivity index (χ2n) is 19.2. The zero-order valence-electron chi connectivity index (χ0n) is 41.6. The number of ether oxygens (including phenoxy) is 4. The van der Waals surface area contributed by atoms with Gasteiger partial charge in [-0.3, -0.25) is 9.59 Å². The molecule has 0 saturated heterocycles. The molecule has 0 rings (SSSR count). The van der Waals surface area contributed by atoms with Crippen LogP contribution in [0.2, 0.25) is 0 Å². The lowest BCUT2D eigenvalue weighted by Gasteiger charge is -2.25. The van der Waals surface area contributed by atoms with Crippen molar-refractivity contribution in [2.45, 2.75) is 264 Å². The van der Waals surface area contributed by atoms with Crippen molar-refractivity contribution in [1.82, 2.24) is 0 Å². The minimum Gasteiger partial charge on any atom is -0.477 e. The molecule has 9 nitrogen and oxygen atoms in total. The highest BCUT2D eigenvalue weighted by atomic mass is 16.7. The number of carbonyl (C=O) groups is 3. The van der Waals surface area contributed by atoms with Crippen LogP contribution in [0.15, 0.2) is 12.2 Å². The normalized spacial score (nSPS) is 12.9. The highest BCUT2D eigenvalue weighted by Gasteiger charge is 2.25. The number of quaternary nitrogens is 1. The van der Waals surface area contributed by atoms with E-state index in [1.807, 2.05) is 21.1 Å². The number of allylic oxidation sites excluding steroid dienone is 2. The van der Waals surface area contributed by atoms with Crippen molar-refractivity contribution in [3.05, 3.63) is 12.2 Å². The summed E-state index contributed by atoms with van der Waals surface area (Å²) < 4.78 is 22.8. The molecule has 0 amide bonds. The Balaban J connectivity index is 4.15. The first-order chi connectivity index (χ1) is 30.1. The third kappa shape index (κ3) is 46.0. The van der Waals surface area contributed by atoms with Gasteiger partial charge in [-0.25, -0.2) is 4.79 Å². The summed E-state index contributed by atoms with van der Waals surface area (Å²) in [6.45, 7) is 4.87. The van der Waals surface area contributed by atoms with Gasteiger partial charge in [-0.05, 0) is 38.5 Å². The van der Waals surface area contributed by atoms with Gasteiger partial charge in [0.1, 0.15) is 13.2 Å². The van der Waals surface area contributed by atoms with Crippen LogP contribution in [0.4, 0.5) is 0 Å². The molecule has 2 unspecified atom stereocenters. The van der Waals surface area contributed by atoms with Gasteiger partial charge in [0.05, 0.1) is 34.4 Å². The summed E-state index contributed by atoms with van der Waals surface area (Å²) in [6.07, 6.45) is 47.2. The third-order valence-electron chi connectivity index (χ3n) is 11.8. The number of rotatable bonds is 49. The van der Waals surface area contributed by atoms with Crippen LogP contribution in [0.3, 0.4) is 0 Å². The molecule has 0 saturated carbocycles. The zero-order chi connectivity index (χ0) is 45.6. The average molecular weight is 881 g/mol. The van der Waals surface area contributed by atoms with Gasteiger partial charge in [0, 0.05) is 12.8 Å². The minimum absolute atomic E-state index is 0.179. The highest BCUT2D eigenvalue weighted by molar-refractivity contribution is 5.71. The van der Waals surface area contributed by atoms with Crippen LogP contribution < -0.4 is 0 Å². The maximum atomic E-state index is 12.8. The summed E-state index contributed by atoms with van der Waals surface area (Å²) in [7, 11) is 5.96. The van der Waals surface area contributed by atoms with Crippen LogP contribution in [0, 0.1) is 0 Å². The second kappa shape index (κ2) is 45.6. The van der Waals surface area contributed by atoms with Gasteiger partial charge in [0.15, 0.2) is 6.10 Å². The van der Waals surface area contributed by atoms with E-state index in [4.69, 9.17) is 18.9 Å². The summed E-state index contributed by atoms with van der Waals surface area (Å²) in [5.74, 6) is -2.00. The SMILES string of the molecule is CCCCC/C=C\CCCCCCCC(=O)OC(COC(=O)CCCCCCCCCCCCCCCCCCCCCCCCCCC)COC(OCC[N+](C)(C)C)C(=O)O. The molecule has 0 aliphatic rings. The lowest BCUT2D eigenvalue weighted by Crippen LogP contribution is -2.40. The summed E-state index contributed by atoms with van der Waals surface area (Å²) in [5.41, 5.74) is 0. The first-order valence-electron chi connectivity index (χ1n) is 26.4. The van der Waals surface area contributed by atoms with Crippen molar-refractivity contribution >= 4 is 17.9 Å². The number of unbranched alkanes of at least 4 members (excludes halogenated alkanes) is 32. The van der Waals surface area contributed by atoms with Crippen LogP contribution in [0.5, 0.6) is 0 Å². The lowest BCUT2D eigenvalue weighted by atomic mass is 10.0. The molecule has 1 N–H and O–H groups in total. The maximum absolute atomic E-state index is 12.8. The van der Waals surface area contributed by atoms with E-state index in [9.17, 15) is 19.5 Å². The van der Waals surface area contributed by atoms with Crippen molar-refractivity contribution in [1.29, 1.82) is 0 Å². The largest absolute Gasteiger partial charge is 0.477 e.